The van der Waals surface area contributed by atoms with Gasteiger partial charge in [0.05, 0.1) is 6.07 Å². The Morgan fingerprint density at radius 1 is 1.75 bits per heavy atom. The average Bonchev–Trinajstić information content (AvgIpc) is 2.02. The third kappa shape index (κ3) is 3.77. The minimum Gasteiger partial charge on any atom is -0.464 e. The van der Waals surface area contributed by atoms with Gasteiger partial charge in [-0.25, -0.2) is 0 Å². The van der Waals surface area contributed by atoms with E-state index >= 15 is 0 Å². The van der Waals surface area contributed by atoms with E-state index in [1.165, 1.54) is 6.92 Å². The van der Waals surface area contributed by atoms with Crippen LogP contribution in [0, 0.1) is 16.7 Å². The molecular weight excluding hydrogens is 154 g/mol. The molecule has 12 heavy (non-hydrogen) atoms. The van der Waals surface area contributed by atoms with Crippen molar-refractivity contribution < 1.29 is 9.53 Å². The van der Waals surface area contributed by atoms with Crippen molar-refractivity contribution >= 4 is 5.97 Å². The maximum absolute atomic E-state index is 10.5. The maximum atomic E-state index is 10.5. The van der Waals surface area contributed by atoms with E-state index in [4.69, 9.17) is 10.00 Å². The second-order valence-corrected chi connectivity index (χ2v) is 2.81. The predicted octanol–water partition coefficient (Wildman–Crippen LogP) is 1.66. The van der Waals surface area contributed by atoms with Gasteiger partial charge in [0.15, 0.2) is 0 Å². The van der Waals surface area contributed by atoms with E-state index in [-0.39, 0.29) is 12.6 Å². The molecule has 0 aliphatic carbocycles. The van der Waals surface area contributed by atoms with E-state index < -0.39 is 5.41 Å². The molecule has 0 aromatic rings. The van der Waals surface area contributed by atoms with Crippen LogP contribution in [0.1, 0.15) is 20.8 Å². The number of esters is 1. The molecule has 3 nitrogen and oxygen atoms in total. The van der Waals surface area contributed by atoms with Crippen molar-refractivity contribution in [3.05, 3.63) is 12.2 Å². The van der Waals surface area contributed by atoms with Crippen molar-refractivity contribution in [1.82, 2.24) is 0 Å². The predicted molar refractivity (Wildman–Crippen MR) is 45.2 cm³/mol. The van der Waals surface area contributed by atoms with Gasteiger partial charge in [0.2, 0.25) is 0 Å². The average molecular weight is 167 g/mol. The van der Waals surface area contributed by atoms with Crippen LogP contribution in [0.15, 0.2) is 12.2 Å². The number of carbonyl (C=O) groups excluding carboxylic acids is 1. The van der Waals surface area contributed by atoms with Crippen LogP contribution in [-0.2, 0) is 9.53 Å². The molecule has 0 aliphatic rings. The normalized spacial score (nSPS) is 15.2. The topological polar surface area (TPSA) is 50.1 Å². The van der Waals surface area contributed by atoms with E-state index in [1.54, 1.807) is 19.1 Å². The van der Waals surface area contributed by atoms with Crippen molar-refractivity contribution in [2.24, 2.45) is 5.41 Å². The minimum atomic E-state index is -0.694. The van der Waals surface area contributed by atoms with Crippen LogP contribution in [0.4, 0.5) is 0 Å². The first-order chi connectivity index (χ1) is 5.54. The zero-order valence-corrected chi connectivity index (χ0v) is 7.63. The lowest BCUT2D eigenvalue weighted by molar-refractivity contribution is -0.142. The second-order valence-electron chi connectivity index (χ2n) is 2.81. The maximum Gasteiger partial charge on any atom is 0.302 e. The molecule has 0 aliphatic heterocycles. The molecule has 0 spiro atoms. The lowest BCUT2D eigenvalue weighted by Gasteiger charge is -2.15. The highest BCUT2D eigenvalue weighted by molar-refractivity contribution is 5.66. The van der Waals surface area contributed by atoms with Crippen LogP contribution in [0.5, 0.6) is 0 Å². The van der Waals surface area contributed by atoms with Crippen LogP contribution < -0.4 is 0 Å². The summed E-state index contributed by atoms with van der Waals surface area (Å²) >= 11 is 0. The van der Waals surface area contributed by atoms with E-state index in [1.807, 2.05) is 6.92 Å². The molecule has 0 fully saturated rings. The lowest BCUT2D eigenvalue weighted by Crippen LogP contribution is -2.20. The number of carbonyl (C=O) groups is 1. The quantitative estimate of drug-likeness (QED) is 0.474. The number of allylic oxidation sites excluding steroid dienone is 1. The lowest BCUT2D eigenvalue weighted by atomic mass is 9.93. The SMILES string of the molecule is C/C=C/C(C)(C#N)COC(C)=O. The number of hydrogen-bond donors (Lipinski definition) is 0. The van der Waals surface area contributed by atoms with E-state index in [0.717, 1.165) is 0 Å². The Morgan fingerprint density at radius 3 is 2.67 bits per heavy atom. The standard InChI is InChI=1S/C9H13NO2/c1-4-5-9(3,6-10)7-12-8(2)11/h4-5H,7H2,1-3H3/b5-4+. The fraction of sp³-hybridized carbons (Fsp3) is 0.556. The molecule has 0 saturated carbocycles. The second kappa shape index (κ2) is 4.55. The van der Waals surface area contributed by atoms with Gasteiger partial charge < -0.3 is 4.74 Å². The zero-order chi connectivity index (χ0) is 9.61. The molecule has 3 heteroatoms. The van der Waals surface area contributed by atoms with Gasteiger partial charge in [0.1, 0.15) is 12.0 Å². The third-order valence-corrected chi connectivity index (χ3v) is 1.37. The smallest absolute Gasteiger partial charge is 0.302 e. The zero-order valence-electron chi connectivity index (χ0n) is 7.63. The molecule has 0 N–H and O–H groups in total. The van der Waals surface area contributed by atoms with E-state index in [9.17, 15) is 4.79 Å². The highest BCUT2D eigenvalue weighted by Crippen LogP contribution is 2.17. The van der Waals surface area contributed by atoms with Gasteiger partial charge in [-0.3, -0.25) is 4.79 Å². The van der Waals surface area contributed by atoms with Crippen molar-refractivity contribution in [3.63, 3.8) is 0 Å². The first-order valence-electron chi connectivity index (χ1n) is 3.72. The molecule has 1 unspecified atom stereocenters. The Hall–Kier alpha value is -1.30. The summed E-state index contributed by atoms with van der Waals surface area (Å²) in [7, 11) is 0. The van der Waals surface area contributed by atoms with E-state index in [0.29, 0.717) is 0 Å². The molecule has 0 radical (unpaired) electrons. The van der Waals surface area contributed by atoms with Crippen molar-refractivity contribution in [2.45, 2.75) is 20.8 Å². The summed E-state index contributed by atoms with van der Waals surface area (Å²) < 4.78 is 4.74. The first kappa shape index (κ1) is 10.7. The summed E-state index contributed by atoms with van der Waals surface area (Å²) in [5.41, 5.74) is -0.694. The van der Waals surface area contributed by atoms with Crippen molar-refractivity contribution in [1.29, 1.82) is 5.26 Å². The van der Waals surface area contributed by atoms with Gasteiger partial charge in [-0.15, -0.1) is 0 Å². The first-order valence-corrected chi connectivity index (χ1v) is 3.72. The Kier molecular flexibility index (Phi) is 4.06. The molecule has 66 valence electrons. The summed E-state index contributed by atoms with van der Waals surface area (Å²) in [5.74, 6) is -0.360. The van der Waals surface area contributed by atoms with Crippen LogP contribution in [0.25, 0.3) is 0 Å². The number of rotatable bonds is 3. The minimum absolute atomic E-state index is 0.114. The number of hydrogen-bond acceptors (Lipinski definition) is 3. The number of nitriles is 1. The van der Waals surface area contributed by atoms with Gasteiger partial charge in [0.25, 0.3) is 0 Å². The summed E-state index contributed by atoms with van der Waals surface area (Å²) in [6, 6.07) is 2.07. The van der Waals surface area contributed by atoms with Crippen molar-refractivity contribution in [2.75, 3.05) is 6.61 Å². The Morgan fingerprint density at radius 2 is 2.33 bits per heavy atom. The van der Waals surface area contributed by atoms with Crippen LogP contribution in [-0.4, -0.2) is 12.6 Å². The fourth-order valence-electron chi connectivity index (χ4n) is 0.737. The number of ether oxygens (including phenoxy) is 1. The van der Waals surface area contributed by atoms with Gasteiger partial charge in [-0.05, 0) is 13.8 Å². The number of nitrogens with zero attached hydrogens (tertiary/aromatic N) is 1. The summed E-state index contributed by atoms with van der Waals surface area (Å²) in [6.07, 6.45) is 3.49. The van der Waals surface area contributed by atoms with Gasteiger partial charge in [-0.2, -0.15) is 5.26 Å². The van der Waals surface area contributed by atoms with Crippen LogP contribution in [0.2, 0.25) is 0 Å². The molecule has 0 rings (SSSR count). The van der Waals surface area contributed by atoms with Gasteiger partial charge in [0, 0.05) is 6.92 Å². The molecule has 0 saturated heterocycles. The molecule has 0 amide bonds. The molecule has 0 bridgehead atoms. The van der Waals surface area contributed by atoms with Crippen LogP contribution in [0.3, 0.4) is 0 Å². The summed E-state index contributed by atoms with van der Waals surface area (Å²) in [5, 5.41) is 8.74. The monoisotopic (exact) mass is 167 g/mol. The Labute approximate surface area is 72.6 Å². The molecule has 0 heterocycles. The largest absolute Gasteiger partial charge is 0.464 e. The fourth-order valence-corrected chi connectivity index (χ4v) is 0.737. The van der Waals surface area contributed by atoms with Crippen molar-refractivity contribution in [3.8, 4) is 6.07 Å². The molecule has 0 aromatic heterocycles. The Bertz CT molecular complexity index is 227. The highest BCUT2D eigenvalue weighted by Gasteiger charge is 2.21. The molecular formula is C9H13NO2. The van der Waals surface area contributed by atoms with Gasteiger partial charge in [-0.1, -0.05) is 12.2 Å². The summed E-state index contributed by atoms with van der Waals surface area (Å²) in [4.78, 5) is 10.5. The molecule has 1 atom stereocenters. The summed E-state index contributed by atoms with van der Waals surface area (Å²) in [6.45, 7) is 4.98. The van der Waals surface area contributed by atoms with Gasteiger partial charge >= 0.3 is 5.97 Å². The molecule has 0 aromatic carbocycles. The third-order valence-electron chi connectivity index (χ3n) is 1.37. The highest BCUT2D eigenvalue weighted by atomic mass is 16.5. The Balaban J connectivity index is 4.17. The van der Waals surface area contributed by atoms with Crippen LogP contribution >= 0.6 is 0 Å². The van der Waals surface area contributed by atoms with E-state index in [2.05, 4.69) is 6.07 Å².